The molecule has 1 aliphatic rings. The largest absolute Gasteiger partial charge is 0.491 e. The molecule has 2 N–H and O–H groups in total. The molecule has 1 heterocycles. The number of amides is 3. The van der Waals surface area contributed by atoms with Crippen molar-refractivity contribution in [3.05, 3.63) is 64.4 Å². The highest BCUT2D eigenvalue weighted by molar-refractivity contribution is 9.10. The molecule has 8 heteroatoms. The van der Waals surface area contributed by atoms with Crippen LogP contribution in [0.5, 0.6) is 5.75 Å². The number of carbonyl (C=O) groups excluding carboxylic acids is 2. The van der Waals surface area contributed by atoms with Gasteiger partial charge in [0.25, 0.3) is 5.91 Å². The van der Waals surface area contributed by atoms with Gasteiger partial charge in [0.2, 0.25) is 0 Å². The van der Waals surface area contributed by atoms with E-state index in [0.29, 0.717) is 11.3 Å². The monoisotopic (exact) mass is 436 g/mol. The van der Waals surface area contributed by atoms with E-state index in [2.05, 4.69) is 21.2 Å². The van der Waals surface area contributed by atoms with Crippen molar-refractivity contribution in [3.8, 4) is 5.75 Å². The predicted octanol–water partition coefficient (Wildman–Crippen LogP) is 2.80. The average molecular weight is 437 g/mol. The van der Waals surface area contributed by atoms with Crippen LogP contribution in [0.3, 0.4) is 0 Å². The summed E-state index contributed by atoms with van der Waals surface area (Å²) in [6.45, 7) is 1.25. The zero-order valence-corrected chi connectivity index (χ0v) is 16.1. The molecule has 1 saturated heterocycles. The van der Waals surface area contributed by atoms with Gasteiger partial charge < -0.3 is 15.2 Å². The van der Waals surface area contributed by atoms with Gasteiger partial charge in [-0.25, -0.2) is 9.18 Å². The van der Waals surface area contributed by atoms with E-state index in [1.54, 1.807) is 25.1 Å². The van der Waals surface area contributed by atoms with Crippen LogP contribution in [0.25, 0.3) is 0 Å². The first-order chi connectivity index (χ1) is 12.8. The van der Waals surface area contributed by atoms with Crippen molar-refractivity contribution in [2.45, 2.75) is 18.6 Å². The summed E-state index contributed by atoms with van der Waals surface area (Å²) in [6.07, 6.45) is -1.06. The lowest BCUT2D eigenvalue weighted by atomic mass is 9.92. The standard InChI is InChI=1S/C19H18BrFN2O4/c1-19(12-5-7-14(21)8-6-12)17(25)23(18(26)22-19)10-15(24)11-27-16-4-2-3-13(20)9-16/h2-9,15,24H,10-11H2,1H3,(H,22,26). The molecule has 1 fully saturated rings. The number of aliphatic hydroxyl groups is 1. The van der Waals surface area contributed by atoms with Crippen LogP contribution in [-0.2, 0) is 10.3 Å². The van der Waals surface area contributed by atoms with Gasteiger partial charge >= 0.3 is 6.03 Å². The van der Waals surface area contributed by atoms with Crippen LogP contribution in [0.15, 0.2) is 53.0 Å². The lowest BCUT2D eigenvalue weighted by molar-refractivity contribution is -0.132. The second-order valence-electron chi connectivity index (χ2n) is 6.40. The van der Waals surface area contributed by atoms with E-state index in [-0.39, 0.29) is 13.2 Å². The first kappa shape index (κ1) is 19.3. The number of urea groups is 1. The van der Waals surface area contributed by atoms with Crippen LogP contribution in [0, 0.1) is 5.82 Å². The maximum absolute atomic E-state index is 13.1. The van der Waals surface area contributed by atoms with Crippen molar-refractivity contribution in [1.29, 1.82) is 0 Å². The molecule has 2 atom stereocenters. The van der Waals surface area contributed by atoms with Gasteiger partial charge in [0.05, 0.1) is 6.54 Å². The fourth-order valence-electron chi connectivity index (χ4n) is 2.85. The Bertz CT molecular complexity index is 861. The van der Waals surface area contributed by atoms with E-state index in [9.17, 15) is 19.1 Å². The molecule has 0 bridgehead atoms. The topological polar surface area (TPSA) is 78.9 Å². The maximum Gasteiger partial charge on any atom is 0.325 e. The minimum Gasteiger partial charge on any atom is -0.491 e. The van der Waals surface area contributed by atoms with Gasteiger partial charge in [-0.05, 0) is 42.8 Å². The Morgan fingerprint density at radius 3 is 2.63 bits per heavy atom. The number of ether oxygens (including phenoxy) is 1. The number of nitrogens with one attached hydrogen (secondary N) is 1. The SMILES string of the molecule is CC1(c2ccc(F)cc2)NC(=O)N(CC(O)COc2cccc(Br)c2)C1=O. The Morgan fingerprint density at radius 1 is 1.26 bits per heavy atom. The van der Waals surface area contributed by atoms with Gasteiger partial charge in [0, 0.05) is 4.47 Å². The third-order valence-electron chi connectivity index (χ3n) is 4.33. The summed E-state index contributed by atoms with van der Waals surface area (Å²) in [6, 6.07) is 11.8. The van der Waals surface area contributed by atoms with Crippen molar-refractivity contribution in [1.82, 2.24) is 10.2 Å². The summed E-state index contributed by atoms with van der Waals surface area (Å²) in [7, 11) is 0. The molecule has 1 aliphatic heterocycles. The fraction of sp³-hybridized carbons (Fsp3) is 0.263. The van der Waals surface area contributed by atoms with E-state index < -0.39 is 29.4 Å². The molecular formula is C19H18BrFN2O4. The van der Waals surface area contributed by atoms with Crippen LogP contribution in [0.1, 0.15) is 12.5 Å². The molecule has 2 aromatic rings. The minimum absolute atomic E-state index is 0.0826. The molecule has 0 aliphatic carbocycles. The smallest absolute Gasteiger partial charge is 0.325 e. The van der Waals surface area contributed by atoms with Crippen LogP contribution in [-0.4, -0.2) is 41.2 Å². The zero-order chi connectivity index (χ0) is 19.6. The van der Waals surface area contributed by atoms with Crippen molar-refractivity contribution in [3.63, 3.8) is 0 Å². The highest BCUT2D eigenvalue weighted by atomic mass is 79.9. The predicted molar refractivity (Wildman–Crippen MR) is 99.6 cm³/mol. The molecule has 3 rings (SSSR count). The van der Waals surface area contributed by atoms with E-state index in [1.807, 2.05) is 6.07 Å². The number of rotatable bonds is 6. The normalized spacial score (nSPS) is 20.5. The lowest BCUT2D eigenvalue weighted by Gasteiger charge is -2.23. The van der Waals surface area contributed by atoms with Gasteiger partial charge in [-0.15, -0.1) is 0 Å². The number of hydrogen-bond donors (Lipinski definition) is 2. The molecule has 0 radical (unpaired) electrons. The van der Waals surface area contributed by atoms with E-state index >= 15 is 0 Å². The number of imide groups is 1. The number of β-amino-alcohol motifs (C(OH)–C–C–N with tert-alkyl or cyclic N) is 1. The summed E-state index contributed by atoms with van der Waals surface area (Å²) in [5, 5.41) is 12.8. The molecule has 0 saturated carbocycles. The second-order valence-corrected chi connectivity index (χ2v) is 7.32. The quantitative estimate of drug-likeness (QED) is 0.682. The number of hydrogen-bond acceptors (Lipinski definition) is 4. The fourth-order valence-corrected chi connectivity index (χ4v) is 3.23. The molecule has 3 amide bonds. The summed E-state index contributed by atoms with van der Waals surface area (Å²) in [5.74, 6) is -0.395. The molecule has 2 unspecified atom stereocenters. The number of carbonyl (C=O) groups is 2. The Labute approximate surface area is 164 Å². The van der Waals surface area contributed by atoms with Gasteiger partial charge in [-0.2, -0.15) is 0 Å². The minimum atomic E-state index is -1.31. The number of nitrogens with zero attached hydrogens (tertiary/aromatic N) is 1. The summed E-state index contributed by atoms with van der Waals surface area (Å²) in [4.78, 5) is 26.0. The van der Waals surface area contributed by atoms with Crippen molar-refractivity contribution >= 4 is 27.9 Å². The summed E-state index contributed by atoms with van der Waals surface area (Å²) in [5.41, 5.74) is -0.847. The molecule has 27 heavy (non-hydrogen) atoms. The van der Waals surface area contributed by atoms with Crippen LogP contribution < -0.4 is 10.1 Å². The van der Waals surface area contributed by atoms with Gasteiger partial charge in [-0.1, -0.05) is 34.1 Å². The highest BCUT2D eigenvalue weighted by Crippen LogP contribution is 2.29. The van der Waals surface area contributed by atoms with Crippen molar-refractivity contribution in [2.75, 3.05) is 13.2 Å². The number of aliphatic hydroxyl groups excluding tert-OH is 1. The van der Waals surface area contributed by atoms with E-state index in [4.69, 9.17) is 4.74 Å². The highest BCUT2D eigenvalue weighted by Gasteiger charge is 2.49. The molecule has 2 aromatic carbocycles. The van der Waals surface area contributed by atoms with Crippen molar-refractivity contribution < 1.29 is 23.8 Å². The Kier molecular flexibility index (Phi) is 5.48. The lowest BCUT2D eigenvalue weighted by Crippen LogP contribution is -2.42. The summed E-state index contributed by atoms with van der Waals surface area (Å²) < 4.78 is 19.5. The Morgan fingerprint density at radius 2 is 1.96 bits per heavy atom. The molecule has 0 aromatic heterocycles. The third kappa shape index (κ3) is 4.12. The van der Waals surface area contributed by atoms with Crippen molar-refractivity contribution in [2.24, 2.45) is 0 Å². The Balaban J connectivity index is 1.65. The molecular weight excluding hydrogens is 419 g/mol. The van der Waals surface area contributed by atoms with Crippen LogP contribution in [0.4, 0.5) is 9.18 Å². The van der Waals surface area contributed by atoms with E-state index in [0.717, 1.165) is 9.37 Å². The Hall–Kier alpha value is -2.45. The second kappa shape index (κ2) is 7.66. The van der Waals surface area contributed by atoms with Gasteiger partial charge in [0.15, 0.2) is 0 Å². The van der Waals surface area contributed by atoms with Crippen LogP contribution in [0.2, 0.25) is 0 Å². The van der Waals surface area contributed by atoms with E-state index in [1.165, 1.54) is 24.3 Å². The number of halogens is 2. The molecule has 0 spiro atoms. The van der Waals surface area contributed by atoms with Gasteiger partial charge in [0.1, 0.15) is 29.8 Å². The zero-order valence-electron chi connectivity index (χ0n) is 14.5. The maximum atomic E-state index is 13.1. The average Bonchev–Trinajstić information content (AvgIpc) is 2.85. The van der Waals surface area contributed by atoms with Crippen LogP contribution >= 0.6 is 15.9 Å². The third-order valence-corrected chi connectivity index (χ3v) is 4.82. The molecule has 142 valence electrons. The number of benzene rings is 2. The molecule has 6 nitrogen and oxygen atoms in total. The first-order valence-electron chi connectivity index (χ1n) is 8.26. The first-order valence-corrected chi connectivity index (χ1v) is 9.05. The van der Waals surface area contributed by atoms with Gasteiger partial charge in [-0.3, -0.25) is 9.69 Å². The summed E-state index contributed by atoms with van der Waals surface area (Å²) >= 11 is 3.32.